The van der Waals surface area contributed by atoms with E-state index >= 15 is 0 Å². The molecule has 1 saturated carbocycles. The van der Waals surface area contributed by atoms with Crippen molar-refractivity contribution in [1.82, 2.24) is 20.8 Å². The first-order valence-corrected chi connectivity index (χ1v) is 7.16. The summed E-state index contributed by atoms with van der Waals surface area (Å²) < 4.78 is 0. The van der Waals surface area contributed by atoms with Crippen molar-refractivity contribution < 1.29 is 9.90 Å². The van der Waals surface area contributed by atoms with E-state index < -0.39 is 0 Å². The molecule has 1 aliphatic rings. The third-order valence-corrected chi connectivity index (χ3v) is 3.87. The van der Waals surface area contributed by atoms with Gasteiger partial charge in [-0.2, -0.15) is 0 Å². The number of carbonyl (C=O) groups is 1. The molecule has 1 amide bonds. The van der Waals surface area contributed by atoms with E-state index in [1.165, 1.54) is 6.33 Å². The minimum atomic E-state index is -0.203. The number of hydrogen-bond acceptors (Lipinski definition) is 5. The predicted octanol–water partition coefficient (Wildman–Crippen LogP) is 1.17. The third-order valence-electron chi connectivity index (χ3n) is 3.87. The fraction of sp³-hybridized carbons (Fsp3) is 0.400. The van der Waals surface area contributed by atoms with Gasteiger partial charge < -0.3 is 5.11 Å². The number of hydrazine groups is 1. The summed E-state index contributed by atoms with van der Waals surface area (Å²) in [7, 11) is 0. The van der Waals surface area contributed by atoms with E-state index in [1.807, 2.05) is 12.1 Å². The van der Waals surface area contributed by atoms with Gasteiger partial charge in [0.05, 0.1) is 17.2 Å². The summed E-state index contributed by atoms with van der Waals surface area (Å²) in [5.74, 6) is -0.203. The second kappa shape index (κ2) is 6.15. The maximum absolute atomic E-state index is 12.3. The molecule has 0 saturated heterocycles. The van der Waals surface area contributed by atoms with Crippen molar-refractivity contribution in [3.8, 4) is 0 Å². The Hall–Kier alpha value is -2.05. The zero-order valence-corrected chi connectivity index (χ0v) is 11.6. The van der Waals surface area contributed by atoms with E-state index in [9.17, 15) is 9.90 Å². The van der Waals surface area contributed by atoms with Crippen molar-refractivity contribution in [2.75, 3.05) is 0 Å². The number of amides is 1. The first-order valence-electron chi connectivity index (χ1n) is 7.16. The van der Waals surface area contributed by atoms with Crippen LogP contribution in [-0.2, 0) is 0 Å². The van der Waals surface area contributed by atoms with Gasteiger partial charge in [0.1, 0.15) is 6.33 Å². The largest absolute Gasteiger partial charge is 0.393 e. The number of nitrogens with zero attached hydrogens (tertiary/aromatic N) is 2. The van der Waals surface area contributed by atoms with Crippen LogP contribution in [-0.4, -0.2) is 33.1 Å². The Morgan fingerprint density at radius 2 is 2.05 bits per heavy atom. The van der Waals surface area contributed by atoms with Gasteiger partial charge in [0.2, 0.25) is 0 Å². The van der Waals surface area contributed by atoms with Crippen LogP contribution in [0.2, 0.25) is 0 Å². The van der Waals surface area contributed by atoms with E-state index in [1.54, 1.807) is 12.3 Å². The molecule has 0 spiro atoms. The SMILES string of the molecule is O=C(NNC1CCC(O)CC1)c1cccc2cncnc12. The van der Waals surface area contributed by atoms with Crippen LogP contribution in [0.5, 0.6) is 0 Å². The van der Waals surface area contributed by atoms with Crippen molar-refractivity contribution >= 4 is 16.8 Å². The number of aliphatic hydroxyl groups is 1. The summed E-state index contributed by atoms with van der Waals surface area (Å²) >= 11 is 0. The number of carbonyl (C=O) groups excluding carboxylic acids is 1. The fourth-order valence-corrected chi connectivity index (χ4v) is 2.65. The van der Waals surface area contributed by atoms with Crippen LogP contribution in [0.3, 0.4) is 0 Å². The first kappa shape index (κ1) is 13.9. The Morgan fingerprint density at radius 3 is 2.86 bits per heavy atom. The normalized spacial score (nSPS) is 22.1. The molecule has 0 atom stereocenters. The summed E-state index contributed by atoms with van der Waals surface area (Å²) in [6.07, 6.45) is 6.19. The number of aliphatic hydroxyl groups excluding tert-OH is 1. The van der Waals surface area contributed by atoms with Crippen LogP contribution in [0.25, 0.3) is 10.9 Å². The van der Waals surface area contributed by atoms with Crippen molar-refractivity contribution in [1.29, 1.82) is 0 Å². The highest BCUT2D eigenvalue weighted by molar-refractivity contribution is 6.05. The van der Waals surface area contributed by atoms with E-state index in [4.69, 9.17) is 0 Å². The Bertz CT molecular complexity index is 633. The van der Waals surface area contributed by atoms with E-state index in [2.05, 4.69) is 20.8 Å². The van der Waals surface area contributed by atoms with Crippen LogP contribution in [0, 0.1) is 0 Å². The molecule has 3 N–H and O–H groups in total. The minimum absolute atomic E-state index is 0.200. The molecule has 1 aromatic heterocycles. The zero-order valence-electron chi connectivity index (χ0n) is 11.6. The lowest BCUT2D eigenvalue weighted by Crippen LogP contribution is -2.46. The molecule has 1 heterocycles. The molecule has 0 aliphatic heterocycles. The smallest absolute Gasteiger partial charge is 0.267 e. The average Bonchev–Trinajstić information content (AvgIpc) is 2.53. The Labute approximate surface area is 122 Å². The molecule has 1 aromatic carbocycles. The maximum atomic E-state index is 12.3. The molecular formula is C15H18N4O2. The summed E-state index contributed by atoms with van der Waals surface area (Å²) in [6, 6.07) is 5.65. The number of fused-ring (bicyclic) bond motifs is 1. The fourth-order valence-electron chi connectivity index (χ4n) is 2.65. The van der Waals surface area contributed by atoms with Crippen molar-refractivity contribution in [2.24, 2.45) is 0 Å². The topological polar surface area (TPSA) is 87.1 Å². The first-order chi connectivity index (χ1) is 10.2. The lowest BCUT2D eigenvalue weighted by atomic mass is 9.94. The van der Waals surface area contributed by atoms with E-state index in [-0.39, 0.29) is 18.1 Å². The third kappa shape index (κ3) is 3.17. The van der Waals surface area contributed by atoms with Gasteiger partial charge in [0.15, 0.2) is 0 Å². The average molecular weight is 286 g/mol. The minimum Gasteiger partial charge on any atom is -0.393 e. The summed E-state index contributed by atoms with van der Waals surface area (Å²) in [5.41, 5.74) is 6.97. The zero-order chi connectivity index (χ0) is 14.7. The standard InChI is InChI=1S/C15H18N4O2/c20-12-6-4-11(5-7-12)18-19-15(21)13-3-1-2-10-8-16-9-17-14(10)13/h1-3,8-9,11-12,18,20H,4-7H2,(H,19,21). The molecule has 110 valence electrons. The Kier molecular flexibility index (Phi) is 4.08. The van der Waals surface area contributed by atoms with Gasteiger partial charge in [0.25, 0.3) is 5.91 Å². The highest BCUT2D eigenvalue weighted by atomic mass is 16.3. The molecule has 21 heavy (non-hydrogen) atoms. The van der Waals surface area contributed by atoms with Gasteiger partial charge in [-0.1, -0.05) is 12.1 Å². The monoisotopic (exact) mass is 286 g/mol. The maximum Gasteiger partial charge on any atom is 0.267 e. The lowest BCUT2D eigenvalue weighted by Gasteiger charge is -2.26. The van der Waals surface area contributed by atoms with Gasteiger partial charge in [-0.05, 0) is 31.7 Å². The van der Waals surface area contributed by atoms with Crippen LogP contribution in [0.1, 0.15) is 36.0 Å². The van der Waals surface area contributed by atoms with Crippen LogP contribution >= 0.6 is 0 Å². The van der Waals surface area contributed by atoms with Gasteiger partial charge in [-0.15, -0.1) is 0 Å². The van der Waals surface area contributed by atoms with Crippen molar-refractivity contribution in [3.05, 3.63) is 36.3 Å². The van der Waals surface area contributed by atoms with E-state index in [0.29, 0.717) is 11.1 Å². The van der Waals surface area contributed by atoms with Gasteiger partial charge in [0, 0.05) is 17.6 Å². The van der Waals surface area contributed by atoms with E-state index in [0.717, 1.165) is 31.1 Å². The Balaban J connectivity index is 1.67. The molecule has 0 unspecified atom stereocenters. The van der Waals surface area contributed by atoms with Gasteiger partial charge in [-0.25, -0.2) is 15.4 Å². The molecule has 3 rings (SSSR count). The molecule has 0 bridgehead atoms. The van der Waals surface area contributed by atoms with Crippen LogP contribution in [0.4, 0.5) is 0 Å². The second-order valence-electron chi connectivity index (χ2n) is 5.37. The highest BCUT2D eigenvalue weighted by Gasteiger charge is 2.20. The van der Waals surface area contributed by atoms with Crippen molar-refractivity contribution in [3.63, 3.8) is 0 Å². The summed E-state index contributed by atoms with van der Waals surface area (Å²) in [5, 5.41) is 10.3. The molecular weight excluding hydrogens is 268 g/mol. The van der Waals surface area contributed by atoms with Crippen LogP contribution < -0.4 is 10.9 Å². The van der Waals surface area contributed by atoms with Gasteiger partial charge >= 0.3 is 0 Å². The number of hydrogen-bond donors (Lipinski definition) is 3. The molecule has 1 aliphatic carbocycles. The summed E-state index contributed by atoms with van der Waals surface area (Å²) in [6.45, 7) is 0. The molecule has 1 fully saturated rings. The predicted molar refractivity (Wildman–Crippen MR) is 78.4 cm³/mol. The van der Waals surface area contributed by atoms with Crippen LogP contribution in [0.15, 0.2) is 30.7 Å². The number of para-hydroxylation sites is 1. The van der Waals surface area contributed by atoms with Crippen molar-refractivity contribution in [2.45, 2.75) is 37.8 Å². The number of aromatic nitrogens is 2. The summed E-state index contributed by atoms with van der Waals surface area (Å²) in [4.78, 5) is 20.4. The van der Waals surface area contributed by atoms with Gasteiger partial charge in [-0.3, -0.25) is 10.2 Å². The highest BCUT2D eigenvalue weighted by Crippen LogP contribution is 2.18. The molecule has 0 radical (unpaired) electrons. The molecule has 6 heteroatoms. The molecule has 2 aromatic rings. The number of nitrogens with one attached hydrogen (secondary N) is 2. The quantitative estimate of drug-likeness (QED) is 0.737. The number of rotatable bonds is 3. The number of benzene rings is 1. The Morgan fingerprint density at radius 1 is 1.24 bits per heavy atom. The molecule has 6 nitrogen and oxygen atoms in total. The second-order valence-corrected chi connectivity index (χ2v) is 5.37. The lowest BCUT2D eigenvalue weighted by molar-refractivity contribution is 0.0888.